The fourth-order valence-corrected chi connectivity index (χ4v) is 2.32. The lowest BCUT2D eigenvalue weighted by molar-refractivity contribution is 0.0469. The molecule has 0 radical (unpaired) electrons. The Hall–Kier alpha value is -3.28. The Bertz CT molecular complexity index is 885. The third kappa shape index (κ3) is 3.63. The third-order valence-corrected chi connectivity index (χ3v) is 3.78. The average molecular weight is 338 g/mol. The van der Waals surface area contributed by atoms with Gasteiger partial charge in [-0.1, -0.05) is 12.1 Å². The Kier molecular flexibility index (Phi) is 4.70. The maximum absolute atomic E-state index is 12.2. The molecule has 6 heteroatoms. The number of anilines is 1. The Morgan fingerprint density at radius 1 is 1.20 bits per heavy atom. The SMILES string of the molecule is COc1ccc(-c2nc(COC(=O)c3cccc(C)c3N)co2)cc1. The molecule has 0 amide bonds. The van der Waals surface area contributed by atoms with Crippen LogP contribution in [0.25, 0.3) is 11.5 Å². The van der Waals surface area contributed by atoms with Crippen LogP contribution in [0.5, 0.6) is 5.75 Å². The molecule has 0 aliphatic heterocycles. The summed E-state index contributed by atoms with van der Waals surface area (Å²) in [5.74, 6) is 0.708. The normalized spacial score (nSPS) is 10.5. The van der Waals surface area contributed by atoms with Crippen molar-refractivity contribution in [3.8, 4) is 17.2 Å². The minimum absolute atomic E-state index is 0.00582. The molecule has 0 spiro atoms. The fraction of sp³-hybridized carbons (Fsp3) is 0.158. The van der Waals surface area contributed by atoms with Crippen molar-refractivity contribution in [3.05, 3.63) is 65.5 Å². The highest BCUT2D eigenvalue weighted by Gasteiger charge is 2.14. The summed E-state index contributed by atoms with van der Waals surface area (Å²) >= 11 is 0. The molecule has 0 atom stereocenters. The summed E-state index contributed by atoms with van der Waals surface area (Å²) in [7, 11) is 1.60. The van der Waals surface area contributed by atoms with E-state index in [2.05, 4.69) is 4.98 Å². The number of para-hydroxylation sites is 1. The summed E-state index contributed by atoms with van der Waals surface area (Å²) in [6, 6.07) is 12.6. The third-order valence-electron chi connectivity index (χ3n) is 3.78. The number of esters is 1. The highest BCUT2D eigenvalue weighted by Crippen LogP contribution is 2.22. The molecule has 1 aromatic heterocycles. The average Bonchev–Trinajstić information content (AvgIpc) is 3.11. The van der Waals surface area contributed by atoms with Gasteiger partial charge in [-0.05, 0) is 42.8 Å². The summed E-state index contributed by atoms with van der Waals surface area (Å²) < 4.78 is 15.8. The summed E-state index contributed by atoms with van der Waals surface area (Å²) in [6.45, 7) is 1.84. The number of rotatable bonds is 5. The molecule has 1 heterocycles. The molecule has 0 bridgehead atoms. The molecule has 2 aromatic carbocycles. The number of nitrogens with zero attached hydrogens (tertiary/aromatic N) is 1. The van der Waals surface area contributed by atoms with E-state index in [1.54, 1.807) is 19.2 Å². The number of ether oxygens (including phenoxy) is 2. The smallest absolute Gasteiger partial charge is 0.340 e. The van der Waals surface area contributed by atoms with E-state index in [9.17, 15) is 4.79 Å². The van der Waals surface area contributed by atoms with Gasteiger partial charge in [0.05, 0.1) is 12.7 Å². The van der Waals surface area contributed by atoms with E-state index >= 15 is 0 Å². The van der Waals surface area contributed by atoms with E-state index in [1.807, 2.05) is 37.3 Å². The molecule has 0 aliphatic carbocycles. The molecule has 25 heavy (non-hydrogen) atoms. The van der Waals surface area contributed by atoms with Gasteiger partial charge in [0.15, 0.2) is 0 Å². The van der Waals surface area contributed by atoms with Crippen molar-refractivity contribution in [1.82, 2.24) is 4.98 Å². The lowest BCUT2D eigenvalue weighted by atomic mass is 10.1. The first-order valence-corrected chi connectivity index (χ1v) is 7.69. The van der Waals surface area contributed by atoms with Gasteiger partial charge in [0.2, 0.25) is 5.89 Å². The highest BCUT2D eigenvalue weighted by molar-refractivity contribution is 5.95. The van der Waals surface area contributed by atoms with Crippen LogP contribution in [0.3, 0.4) is 0 Å². The molecule has 6 nitrogen and oxygen atoms in total. The van der Waals surface area contributed by atoms with Gasteiger partial charge in [-0.2, -0.15) is 0 Å². The van der Waals surface area contributed by atoms with Crippen LogP contribution in [0.2, 0.25) is 0 Å². The van der Waals surface area contributed by atoms with E-state index in [4.69, 9.17) is 19.6 Å². The Labute approximate surface area is 145 Å². The Morgan fingerprint density at radius 3 is 2.68 bits per heavy atom. The maximum Gasteiger partial charge on any atom is 0.340 e. The first-order valence-electron chi connectivity index (χ1n) is 7.69. The first kappa shape index (κ1) is 16.6. The number of hydrogen-bond acceptors (Lipinski definition) is 6. The molecule has 0 aliphatic rings. The van der Waals surface area contributed by atoms with E-state index in [1.165, 1.54) is 6.26 Å². The molecule has 3 rings (SSSR count). The maximum atomic E-state index is 12.2. The van der Waals surface area contributed by atoms with E-state index in [0.717, 1.165) is 16.9 Å². The van der Waals surface area contributed by atoms with Crippen LogP contribution in [0.1, 0.15) is 21.6 Å². The van der Waals surface area contributed by atoms with Gasteiger partial charge in [-0.15, -0.1) is 0 Å². The second-order valence-corrected chi connectivity index (χ2v) is 5.48. The second-order valence-electron chi connectivity index (χ2n) is 5.48. The molecule has 0 saturated carbocycles. The van der Waals surface area contributed by atoms with Gasteiger partial charge in [-0.25, -0.2) is 9.78 Å². The van der Waals surface area contributed by atoms with Gasteiger partial charge in [0, 0.05) is 11.3 Å². The van der Waals surface area contributed by atoms with E-state index < -0.39 is 5.97 Å². The quantitative estimate of drug-likeness (QED) is 0.565. The summed E-state index contributed by atoms with van der Waals surface area (Å²) in [6.07, 6.45) is 1.46. The molecule has 3 aromatic rings. The van der Waals surface area contributed by atoms with Crippen LogP contribution in [0.4, 0.5) is 5.69 Å². The summed E-state index contributed by atoms with van der Waals surface area (Å²) in [4.78, 5) is 16.5. The zero-order valence-corrected chi connectivity index (χ0v) is 14.0. The first-order chi connectivity index (χ1) is 12.1. The number of methoxy groups -OCH3 is 1. The van der Waals surface area contributed by atoms with Crippen LogP contribution in [0, 0.1) is 6.92 Å². The van der Waals surface area contributed by atoms with Crippen LogP contribution in [-0.4, -0.2) is 18.1 Å². The largest absolute Gasteiger partial charge is 0.497 e. The fourth-order valence-electron chi connectivity index (χ4n) is 2.32. The Balaban J connectivity index is 1.67. The van der Waals surface area contributed by atoms with Gasteiger partial charge in [-0.3, -0.25) is 0 Å². The number of hydrogen-bond donors (Lipinski definition) is 1. The number of carbonyl (C=O) groups excluding carboxylic acids is 1. The van der Waals surface area contributed by atoms with Crippen molar-refractivity contribution in [2.45, 2.75) is 13.5 Å². The van der Waals surface area contributed by atoms with Gasteiger partial charge in [0.1, 0.15) is 24.3 Å². The predicted molar refractivity (Wildman–Crippen MR) is 93.2 cm³/mol. The molecular formula is C19H18N2O4. The number of nitrogens with two attached hydrogens (primary N) is 1. The topological polar surface area (TPSA) is 87.6 Å². The molecule has 128 valence electrons. The van der Waals surface area contributed by atoms with Crippen LogP contribution < -0.4 is 10.5 Å². The zero-order chi connectivity index (χ0) is 17.8. The number of oxazole rings is 1. The monoisotopic (exact) mass is 338 g/mol. The van der Waals surface area contributed by atoms with E-state index in [0.29, 0.717) is 22.8 Å². The highest BCUT2D eigenvalue weighted by atomic mass is 16.5. The van der Waals surface area contributed by atoms with Crippen molar-refractivity contribution >= 4 is 11.7 Å². The lowest BCUT2D eigenvalue weighted by Crippen LogP contribution is -2.09. The summed E-state index contributed by atoms with van der Waals surface area (Å²) in [5.41, 5.74) is 8.84. The predicted octanol–water partition coefficient (Wildman–Crippen LogP) is 3.60. The molecule has 0 unspecified atom stereocenters. The lowest BCUT2D eigenvalue weighted by Gasteiger charge is -2.07. The van der Waals surface area contributed by atoms with Crippen molar-refractivity contribution < 1.29 is 18.7 Å². The molecule has 0 fully saturated rings. The van der Waals surface area contributed by atoms with Crippen molar-refractivity contribution in [2.24, 2.45) is 0 Å². The number of aryl methyl sites for hydroxylation is 1. The minimum atomic E-state index is -0.491. The molecular weight excluding hydrogens is 320 g/mol. The molecule has 2 N–H and O–H groups in total. The second kappa shape index (κ2) is 7.09. The number of nitrogen functional groups attached to an aromatic ring is 1. The van der Waals surface area contributed by atoms with Crippen LogP contribution in [0.15, 0.2) is 53.1 Å². The van der Waals surface area contributed by atoms with Crippen molar-refractivity contribution in [3.63, 3.8) is 0 Å². The summed E-state index contributed by atoms with van der Waals surface area (Å²) in [5, 5.41) is 0. The zero-order valence-electron chi connectivity index (χ0n) is 14.0. The van der Waals surface area contributed by atoms with Crippen molar-refractivity contribution in [1.29, 1.82) is 0 Å². The van der Waals surface area contributed by atoms with Crippen molar-refractivity contribution in [2.75, 3.05) is 12.8 Å². The minimum Gasteiger partial charge on any atom is -0.497 e. The Morgan fingerprint density at radius 2 is 1.96 bits per heavy atom. The number of benzene rings is 2. The van der Waals surface area contributed by atoms with Gasteiger partial charge in [0.25, 0.3) is 0 Å². The number of carbonyl (C=O) groups is 1. The van der Waals surface area contributed by atoms with E-state index in [-0.39, 0.29) is 6.61 Å². The van der Waals surface area contributed by atoms with Crippen LogP contribution in [-0.2, 0) is 11.3 Å². The molecule has 0 saturated heterocycles. The van der Waals surface area contributed by atoms with Gasteiger partial charge < -0.3 is 19.6 Å². The van der Waals surface area contributed by atoms with Gasteiger partial charge >= 0.3 is 5.97 Å². The number of aromatic nitrogens is 1. The van der Waals surface area contributed by atoms with Crippen LogP contribution >= 0.6 is 0 Å². The standard InChI is InChI=1S/C19H18N2O4/c1-12-4-3-5-16(17(12)20)19(22)25-11-14-10-24-18(21-14)13-6-8-15(23-2)9-7-13/h3-10H,11,20H2,1-2H3.